The average molecular weight is 427 g/mol. The monoisotopic (exact) mass is 427 g/mol. The molecule has 0 aliphatic rings. The number of phenols is 1. The number of hydrogen-bond acceptors (Lipinski definition) is 8. The number of nitrogens with one attached hydrogen (secondary N) is 1. The summed E-state index contributed by atoms with van der Waals surface area (Å²) in [7, 11) is 4.73. The largest absolute Gasteiger partial charge is 0.507 e. The van der Waals surface area contributed by atoms with Crippen LogP contribution in [0.2, 0.25) is 0 Å². The maximum Gasteiger partial charge on any atom is 0.339 e. The number of rotatable bonds is 6. The predicted molar refractivity (Wildman–Crippen MR) is 116 cm³/mol. The molecule has 0 bridgehead atoms. The van der Waals surface area contributed by atoms with E-state index < -0.39 is 5.97 Å². The molecule has 3 aromatic rings. The van der Waals surface area contributed by atoms with Crippen LogP contribution in [0.5, 0.6) is 23.0 Å². The minimum absolute atomic E-state index is 0.0671. The number of carboxylic acids is 1. The van der Waals surface area contributed by atoms with E-state index in [4.69, 9.17) is 24.4 Å². The molecule has 0 radical (unpaired) electrons. The number of carboxylic acid groups (broad SMARTS) is 1. The SMILES string of the molecule is COc1cc(Nc2nc(C)cc(C)n2)cc(OC)c1OC.O=C(O)c1ccccc1O. The van der Waals surface area contributed by atoms with Gasteiger partial charge in [-0.05, 0) is 32.0 Å². The van der Waals surface area contributed by atoms with Crippen LogP contribution < -0.4 is 19.5 Å². The molecule has 164 valence electrons. The maximum absolute atomic E-state index is 10.3. The van der Waals surface area contributed by atoms with E-state index in [1.165, 1.54) is 12.1 Å². The number of aromatic hydroxyl groups is 1. The minimum Gasteiger partial charge on any atom is -0.507 e. The van der Waals surface area contributed by atoms with Crippen LogP contribution in [0.3, 0.4) is 0 Å². The molecule has 31 heavy (non-hydrogen) atoms. The van der Waals surface area contributed by atoms with Gasteiger partial charge in [-0.25, -0.2) is 14.8 Å². The summed E-state index contributed by atoms with van der Waals surface area (Å²) < 4.78 is 15.9. The molecule has 3 N–H and O–H groups in total. The van der Waals surface area contributed by atoms with Gasteiger partial charge in [0.2, 0.25) is 11.7 Å². The highest BCUT2D eigenvalue weighted by molar-refractivity contribution is 5.90. The fraction of sp³-hybridized carbons (Fsp3) is 0.227. The Morgan fingerprint density at radius 3 is 1.87 bits per heavy atom. The Morgan fingerprint density at radius 2 is 1.45 bits per heavy atom. The van der Waals surface area contributed by atoms with Gasteiger partial charge in [0.05, 0.1) is 21.3 Å². The van der Waals surface area contributed by atoms with E-state index in [0.717, 1.165) is 17.1 Å². The lowest BCUT2D eigenvalue weighted by atomic mass is 10.2. The number of hydrogen-bond donors (Lipinski definition) is 3. The second kappa shape index (κ2) is 10.7. The fourth-order valence-electron chi connectivity index (χ4n) is 2.72. The number of nitrogens with zero attached hydrogens (tertiary/aromatic N) is 2. The van der Waals surface area contributed by atoms with Crippen molar-refractivity contribution in [1.82, 2.24) is 9.97 Å². The number of carbonyl (C=O) groups is 1. The standard InChI is InChI=1S/C15H19N3O3.C7H6O3/c1-9-6-10(2)17-15(16-9)18-11-7-12(19-3)14(21-5)13(8-11)20-4;8-6-4-2-1-3-5(6)7(9)10/h6-8H,1-5H3,(H,16,17,18);1-4,8H,(H,9,10). The molecular weight excluding hydrogens is 402 g/mol. The van der Waals surface area contributed by atoms with Crippen molar-refractivity contribution in [3.05, 3.63) is 59.4 Å². The van der Waals surface area contributed by atoms with Gasteiger partial charge in [0.15, 0.2) is 11.5 Å². The van der Waals surface area contributed by atoms with Gasteiger partial charge in [0.1, 0.15) is 11.3 Å². The van der Waals surface area contributed by atoms with Crippen LogP contribution in [0.25, 0.3) is 0 Å². The third kappa shape index (κ3) is 6.23. The van der Waals surface area contributed by atoms with Gasteiger partial charge in [-0.15, -0.1) is 0 Å². The Balaban J connectivity index is 0.000000285. The van der Waals surface area contributed by atoms with Crippen molar-refractivity contribution in [2.75, 3.05) is 26.6 Å². The number of ether oxygens (including phenoxy) is 3. The number of methoxy groups -OCH3 is 3. The van der Waals surface area contributed by atoms with Crippen LogP contribution in [-0.2, 0) is 0 Å². The molecule has 3 rings (SSSR count). The van der Waals surface area contributed by atoms with E-state index in [1.54, 1.807) is 33.5 Å². The van der Waals surface area contributed by atoms with Gasteiger partial charge in [-0.2, -0.15) is 0 Å². The van der Waals surface area contributed by atoms with E-state index in [0.29, 0.717) is 23.2 Å². The zero-order valence-electron chi connectivity index (χ0n) is 18.0. The minimum atomic E-state index is -1.11. The lowest BCUT2D eigenvalue weighted by Crippen LogP contribution is -2.02. The third-order valence-corrected chi connectivity index (χ3v) is 4.04. The van der Waals surface area contributed by atoms with Crippen LogP contribution in [0, 0.1) is 13.8 Å². The summed E-state index contributed by atoms with van der Waals surface area (Å²) in [5.41, 5.74) is 2.49. The molecule has 0 unspecified atom stereocenters. The van der Waals surface area contributed by atoms with Crippen LogP contribution in [0.15, 0.2) is 42.5 Å². The summed E-state index contributed by atoms with van der Waals surface area (Å²) >= 11 is 0. The highest BCUT2D eigenvalue weighted by Crippen LogP contribution is 2.40. The zero-order chi connectivity index (χ0) is 23.0. The van der Waals surface area contributed by atoms with Crippen molar-refractivity contribution in [1.29, 1.82) is 0 Å². The van der Waals surface area contributed by atoms with Gasteiger partial charge in [0, 0.05) is 29.2 Å². The summed E-state index contributed by atoms with van der Waals surface area (Å²) in [6.45, 7) is 3.85. The molecule has 1 heterocycles. The molecule has 0 amide bonds. The smallest absolute Gasteiger partial charge is 0.339 e. The van der Waals surface area contributed by atoms with Crippen molar-refractivity contribution in [2.45, 2.75) is 13.8 Å². The number of anilines is 2. The second-order valence-corrected chi connectivity index (χ2v) is 6.34. The summed E-state index contributed by atoms with van der Waals surface area (Å²) in [5.74, 6) is 0.911. The molecule has 1 aromatic heterocycles. The number of benzene rings is 2. The lowest BCUT2D eigenvalue weighted by molar-refractivity contribution is 0.0693. The Hall–Kier alpha value is -4.01. The van der Waals surface area contributed by atoms with Gasteiger partial charge in [0.25, 0.3) is 0 Å². The Morgan fingerprint density at radius 1 is 0.903 bits per heavy atom. The fourth-order valence-corrected chi connectivity index (χ4v) is 2.72. The van der Waals surface area contributed by atoms with Crippen LogP contribution in [0.1, 0.15) is 21.7 Å². The van der Waals surface area contributed by atoms with Crippen molar-refractivity contribution >= 4 is 17.6 Å². The summed E-state index contributed by atoms with van der Waals surface area (Å²) in [5, 5.41) is 20.5. The van der Waals surface area contributed by atoms with Crippen molar-refractivity contribution in [3.63, 3.8) is 0 Å². The number of aryl methyl sites for hydroxylation is 2. The molecular formula is C22H25N3O6. The number of aromatic nitrogens is 2. The Labute approximate surface area is 180 Å². The average Bonchev–Trinajstić information content (AvgIpc) is 2.72. The quantitative estimate of drug-likeness (QED) is 0.536. The van der Waals surface area contributed by atoms with E-state index in [9.17, 15) is 4.79 Å². The first-order valence-electron chi connectivity index (χ1n) is 9.19. The number of aromatic carboxylic acids is 1. The van der Waals surface area contributed by atoms with Crippen molar-refractivity contribution < 1.29 is 29.2 Å². The lowest BCUT2D eigenvalue weighted by Gasteiger charge is -2.14. The molecule has 0 aliphatic heterocycles. The van der Waals surface area contributed by atoms with Gasteiger partial charge < -0.3 is 29.7 Å². The van der Waals surface area contributed by atoms with E-state index >= 15 is 0 Å². The predicted octanol–water partition coefficient (Wildman–Crippen LogP) is 3.95. The second-order valence-electron chi connectivity index (χ2n) is 6.34. The highest BCUT2D eigenvalue weighted by atomic mass is 16.5. The van der Waals surface area contributed by atoms with E-state index in [2.05, 4.69) is 15.3 Å². The first kappa shape index (κ1) is 23.3. The van der Waals surface area contributed by atoms with Gasteiger partial charge in [-0.1, -0.05) is 12.1 Å². The Bertz CT molecular complexity index is 1010. The topological polar surface area (TPSA) is 123 Å². The summed E-state index contributed by atoms with van der Waals surface area (Å²) in [6.07, 6.45) is 0. The molecule has 0 fully saturated rings. The molecule has 0 atom stereocenters. The van der Waals surface area contributed by atoms with Crippen LogP contribution >= 0.6 is 0 Å². The maximum atomic E-state index is 10.3. The van der Waals surface area contributed by atoms with Gasteiger partial charge in [-0.3, -0.25) is 0 Å². The molecule has 0 spiro atoms. The van der Waals surface area contributed by atoms with E-state index in [-0.39, 0.29) is 11.3 Å². The molecule has 9 nitrogen and oxygen atoms in total. The molecule has 2 aromatic carbocycles. The number of para-hydroxylation sites is 1. The van der Waals surface area contributed by atoms with Crippen LogP contribution in [0.4, 0.5) is 11.6 Å². The van der Waals surface area contributed by atoms with Crippen molar-refractivity contribution in [2.24, 2.45) is 0 Å². The van der Waals surface area contributed by atoms with Crippen molar-refractivity contribution in [3.8, 4) is 23.0 Å². The summed E-state index contributed by atoms with van der Waals surface area (Å²) in [4.78, 5) is 19.0. The van der Waals surface area contributed by atoms with Gasteiger partial charge >= 0.3 is 5.97 Å². The molecule has 9 heteroatoms. The first-order valence-corrected chi connectivity index (χ1v) is 9.19. The zero-order valence-corrected chi connectivity index (χ0v) is 18.0. The van der Waals surface area contributed by atoms with Crippen LogP contribution in [-0.4, -0.2) is 47.5 Å². The highest BCUT2D eigenvalue weighted by Gasteiger charge is 2.14. The molecule has 0 aliphatic carbocycles. The summed E-state index contributed by atoms with van der Waals surface area (Å²) in [6, 6.07) is 11.3. The third-order valence-electron chi connectivity index (χ3n) is 4.04. The normalized spacial score (nSPS) is 9.84. The Kier molecular flexibility index (Phi) is 8.01. The van der Waals surface area contributed by atoms with E-state index in [1.807, 2.05) is 32.0 Å². The first-order chi connectivity index (χ1) is 14.8. The molecule has 0 saturated carbocycles. The molecule has 0 saturated heterocycles.